The summed E-state index contributed by atoms with van der Waals surface area (Å²) in [5.74, 6) is 1.17. The molecular weight excluding hydrogens is 446 g/mol. The first kappa shape index (κ1) is 25.9. The van der Waals surface area contributed by atoms with Gasteiger partial charge in [-0.1, -0.05) is 18.1 Å². The molecular formula is C26H35N5O2S. The zero-order valence-corrected chi connectivity index (χ0v) is 20.8. The van der Waals surface area contributed by atoms with Gasteiger partial charge >= 0.3 is 0 Å². The number of rotatable bonds is 12. The molecule has 3 atom stereocenters. The van der Waals surface area contributed by atoms with Gasteiger partial charge in [-0.15, -0.1) is 18.2 Å². The number of terminal acetylenes is 1. The molecule has 0 radical (unpaired) electrons. The normalized spacial score (nSPS) is 21.1. The van der Waals surface area contributed by atoms with Crippen LogP contribution in [0.4, 0.5) is 5.69 Å². The van der Waals surface area contributed by atoms with Gasteiger partial charge < -0.3 is 20.4 Å². The Labute approximate surface area is 207 Å². The number of amides is 2. The molecule has 0 spiro atoms. The molecule has 2 aliphatic heterocycles. The van der Waals surface area contributed by atoms with E-state index >= 15 is 0 Å². The van der Waals surface area contributed by atoms with E-state index in [1.807, 2.05) is 13.0 Å². The van der Waals surface area contributed by atoms with E-state index in [9.17, 15) is 14.9 Å². The highest BCUT2D eigenvalue weighted by atomic mass is 32.2. The Morgan fingerprint density at radius 1 is 1.35 bits per heavy atom. The van der Waals surface area contributed by atoms with Gasteiger partial charge in [0.2, 0.25) is 11.8 Å². The third-order valence-corrected chi connectivity index (χ3v) is 7.86. The highest BCUT2D eigenvalue weighted by Gasteiger charge is 2.41. The molecule has 8 heteroatoms. The van der Waals surface area contributed by atoms with Crippen LogP contribution in [-0.2, 0) is 16.0 Å². The van der Waals surface area contributed by atoms with Crippen LogP contribution < -0.4 is 10.6 Å². The molecule has 2 N–H and O–H groups in total. The minimum atomic E-state index is -0.836. The van der Waals surface area contributed by atoms with Gasteiger partial charge in [-0.05, 0) is 69.9 Å². The van der Waals surface area contributed by atoms with Crippen LogP contribution >= 0.6 is 11.8 Å². The van der Waals surface area contributed by atoms with E-state index in [4.69, 9.17) is 6.42 Å². The van der Waals surface area contributed by atoms with E-state index in [0.717, 1.165) is 25.1 Å². The summed E-state index contributed by atoms with van der Waals surface area (Å²) in [7, 11) is 0. The van der Waals surface area contributed by atoms with E-state index < -0.39 is 5.92 Å². The quantitative estimate of drug-likeness (QED) is 0.446. The van der Waals surface area contributed by atoms with Crippen molar-refractivity contribution in [1.29, 1.82) is 5.26 Å². The number of likely N-dealkylation sites (tertiary alicyclic amines) is 1. The first-order valence-corrected chi connectivity index (χ1v) is 13.1. The zero-order chi connectivity index (χ0) is 24.3. The monoisotopic (exact) mass is 481 g/mol. The molecule has 0 aromatic heterocycles. The first-order valence-electron chi connectivity index (χ1n) is 12.2. The van der Waals surface area contributed by atoms with Crippen LogP contribution in [0.5, 0.6) is 0 Å². The third-order valence-electron chi connectivity index (χ3n) is 6.40. The topological polar surface area (TPSA) is 88.5 Å². The maximum atomic E-state index is 13.0. The second-order valence-corrected chi connectivity index (χ2v) is 10.2. The van der Waals surface area contributed by atoms with E-state index in [1.54, 1.807) is 4.90 Å². The lowest BCUT2D eigenvalue weighted by Gasteiger charge is -2.23. The lowest BCUT2D eigenvalue weighted by Crippen LogP contribution is -2.38. The van der Waals surface area contributed by atoms with Crippen LogP contribution in [0.2, 0.25) is 0 Å². The molecule has 7 nitrogen and oxygen atoms in total. The number of carbonyl (C=O) groups excluding carboxylic acids is 2. The SMILES string of the molecule is C#CCNC(=O)C(C#N)CC1SC(CNc2cccc(CCCN3CCCC3)c2)C(=O)N1CC. The van der Waals surface area contributed by atoms with Crippen LogP contribution in [0, 0.1) is 29.6 Å². The molecule has 2 heterocycles. The Balaban J connectivity index is 1.51. The number of hydrogen-bond donors (Lipinski definition) is 2. The molecule has 2 fully saturated rings. The van der Waals surface area contributed by atoms with E-state index in [2.05, 4.69) is 45.7 Å². The third kappa shape index (κ3) is 7.16. The fourth-order valence-electron chi connectivity index (χ4n) is 4.57. The standard InChI is InChI=1S/C26H35N5O2S/c1-3-12-28-25(32)21(18-27)17-24-31(4-2)26(33)23(34-24)19-29-22-11-7-9-20(16-22)10-8-15-30-13-5-6-14-30/h1,7,9,11,16,21,23-24,29H,4-6,8,10,12-15,17,19H2,2H3,(H,28,32). The number of anilines is 1. The van der Waals surface area contributed by atoms with Crippen molar-refractivity contribution < 1.29 is 9.59 Å². The number of benzene rings is 1. The Bertz CT molecular complexity index is 919. The van der Waals surface area contributed by atoms with Crippen LogP contribution in [0.25, 0.3) is 0 Å². The van der Waals surface area contributed by atoms with Crippen LogP contribution in [0.15, 0.2) is 24.3 Å². The fourth-order valence-corrected chi connectivity index (χ4v) is 6.08. The number of hydrogen-bond acceptors (Lipinski definition) is 6. The van der Waals surface area contributed by atoms with Gasteiger partial charge in [-0.25, -0.2) is 0 Å². The molecule has 182 valence electrons. The first-order chi connectivity index (χ1) is 16.5. The van der Waals surface area contributed by atoms with Gasteiger partial charge in [-0.3, -0.25) is 9.59 Å². The fraction of sp³-hybridized carbons (Fsp3) is 0.577. The van der Waals surface area contributed by atoms with Gasteiger partial charge in [0.05, 0.1) is 18.0 Å². The van der Waals surface area contributed by atoms with Gasteiger partial charge in [0.15, 0.2) is 0 Å². The Morgan fingerprint density at radius 2 is 2.15 bits per heavy atom. The number of thioether (sulfide) groups is 1. The lowest BCUT2D eigenvalue weighted by molar-refractivity contribution is -0.130. The summed E-state index contributed by atoms with van der Waals surface area (Å²) in [6, 6.07) is 10.5. The number of nitrogens with zero attached hydrogens (tertiary/aromatic N) is 3. The summed E-state index contributed by atoms with van der Waals surface area (Å²) < 4.78 is 0. The number of nitrogens with one attached hydrogen (secondary N) is 2. The minimum absolute atomic E-state index is 0.0486. The maximum Gasteiger partial charge on any atom is 0.238 e. The number of carbonyl (C=O) groups is 2. The summed E-state index contributed by atoms with van der Waals surface area (Å²) in [5.41, 5.74) is 2.32. The van der Waals surface area contributed by atoms with E-state index in [1.165, 1.54) is 43.3 Å². The molecule has 2 amide bonds. The van der Waals surface area contributed by atoms with Gasteiger partial charge in [0.25, 0.3) is 0 Å². The number of aryl methyl sites for hydroxylation is 1. The lowest BCUT2D eigenvalue weighted by atomic mass is 10.1. The van der Waals surface area contributed by atoms with Crippen molar-refractivity contribution in [3.05, 3.63) is 29.8 Å². The molecule has 0 bridgehead atoms. The average molecular weight is 482 g/mol. The Morgan fingerprint density at radius 3 is 2.85 bits per heavy atom. The van der Waals surface area contributed by atoms with Gasteiger partial charge in [0, 0.05) is 25.2 Å². The largest absolute Gasteiger partial charge is 0.383 e. The van der Waals surface area contributed by atoms with Crippen LogP contribution in [-0.4, -0.2) is 71.5 Å². The average Bonchev–Trinajstić information content (AvgIpc) is 3.47. The predicted octanol–water partition coefficient (Wildman–Crippen LogP) is 2.70. The minimum Gasteiger partial charge on any atom is -0.383 e. The molecule has 1 aromatic rings. The van der Waals surface area contributed by atoms with Crippen molar-refractivity contribution in [3.63, 3.8) is 0 Å². The second kappa shape index (κ2) is 13.3. The summed E-state index contributed by atoms with van der Waals surface area (Å²) in [6.45, 7) is 6.69. The van der Waals surface area contributed by atoms with Crippen LogP contribution in [0.1, 0.15) is 38.2 Å². The second-order valence-electron chi connectivity index (χ2n) is 8.78. The predicted molar refractivity (Wildman–Crippen MR) is 137 cm³/mol. The smallest absolute Gasteiger partial charge is 0.238 e. The van der Waals surface area contributed by atoms with Crippen molar-refractivity contribution in [2.24, 2.45) is 5.92 Å². The summed E-state index contributed by atoms with van der Waals surface area (Å²) in [5, 5.41) is 15.0. The molecule has 2 aliphatic rings. The molecule has 0 aliphatic carbocycles. The maximum absolute atomic E-state index is 13.0. The molecule has 2 saturated heterocycles. The van der Waals surface area contributed by atoms with Crippen molar-refractivity contribution in [1.82, 2.24) is 15.1 Å². The molecule has 3 rings (SSSR count). The van der Waals surface area contributed by atoms with E-state index in [0.29, 0.717) is 19.5 Å². The highest BCUT2D eigenvalue weighted by Crippen LogP contribution is 2.35. The number of nitriles is 1. The molecule has 34 heavy (non-hydrogen) atoms. The van der Waals surface area contributed by atoms with E-state index in [-0.39, 0.29) is 29.0 Å². The zero-order valence-electron chi connectivity index (χ0n) is 20.0. The Kier molecular flexibility index (Phi) is 10.1. The summed E-state index contributed by atoms with van der Waals surface area (Å²) in [4.78, 5) is 29.5. The van der Waals surface area contributed by atoms with Crippen LogP contribution in [0.3, 0.4) is 0 Å². The van der Waals surface area contributed by atoms with Crippen molar-refractivity contribution in [3.8, 4) is 18.4 Å². The molecule has 1 aromatic carbocycles. The van der Waals surface area contributed by atoms with Crippen molar-refractivity contribution >= 4 is 29.3 Å². The summed E-state index contributed by atoms with van der Waals surface area (Å²) >= 11 is 1.52. The van der Waals surface area contributed by atoms with Gasteiger partial charge in [0.1, 0.15) is 11.2 Å². The molecule has 0 saturated carbocycles. The summed E-state index contributed by atoms with van der Waals surface area (Å²) in [6.07, 6.45) is 10.3. The van der Waals surface area contributed by atoms with Crippen molar-refractivity contribution in [2.45, 2.75) is 49.7 Å². The molecule has 3 unspecified atom stereocenters. The Hall–Kier alpha value is -2.68. The highest BCUT2D eigenvalue weighted by molar-refractivity contribution is 8.01. The van der Waals surface area contributed by atoms with Crippen molar-refractivity contribution in [2.75, 3.05) is 44.6 Å². The van der Waals surface area contributed by atoms with Gasteiger partial charge in [-0.2, -0.15) is 5.26 Å².